The summed E-state index contributed by atoms with van der Waals surface area (Å²) in [7, 11) is 1.82. The van der Waals surface area contributed by atoms with E-state index in [0.717, 1.165) is 53.7 Å². The molecule has 2 aromatic rings. The molecule has 0 unspecified atom stereocenters. The second-order valence-electron chi connectivity index (χ2n) is 6.97. The van der Waals surface area contributed by atoms with Crippen molar-refractivity contribution < 1.29 is 9.59 Å². The molecule has 128 valence electrons. The fourth-order valence-electron chi connectivity index (χ4n) is 3.76. The zero-order valence-corrected chi connectivity index (χ0v) is 14.5. The lowest BCUT2D eigenvalue weighted by molar-refractivity contribution is 0.0724. The summed E-state index contributed by atoms with van der Waals surface area (Å²) in [4.78, 5) is 28.5. The normalized spacial score (nSPS) is 16.9. The van der Waals surface area contributed by atoms with E-state index >= 15 is 0 Å². The molecule has 2 amide bonds. The molecule has 2 aliphatic heterocycles. The molecule has 0 spiro atoms. The van der Waals surface area contributed by atoms with Crippen LogP contribution >= 0.6 is 0 Å². The summed E-state index contributed by atoms with van der Waals surface area (Å²) in [5.74, 6) is 0.202. The second kappa shape index (κ2) is 6.36. The van der Waals surface area contributed by atoms with Crippen LogP contribution in [0.2, 0.25) is 0 Å². The van der Waals surface area contributed by atoms with Gasteiger partial charge in [-0.3, -0.25) is 9.59 Å². The number of carbonyl (C=O) groups is 2. The van der Waals surface area contributed by atoms with Gasteiger partial charge in [-0.05, 0) is 60.2 Å². The molecule has 1 saturated heterocycles. The first-order valence-corrected chi connectivity index (χ1v) is 8.91. The Morgan fingerprint density at radius 3 is 2.52 bits per heavy atom. The number of rotatable bonds is 2. The van der Waals surface area contributed by atoms with Crippen LogP contribution in [0.1, 0.15) is 45.5 Å². The van der Waals surface area contributed by atoms with Crippen LogP contribution in [0.25, 0.3) is 11.1 Å². The predicted molar refractivity (Wildman–Crippen MR) is 97.4 cm³/mol. The number of piperidine rings is 1. The number of hydrogen-bond acceptors (Lipinski definition) is 2. The van der Waals surface area contributed by atoms with E-state index in [4.69, 9.17) is 0 Å². The van der Waals surface area contributed by atoms with Crippen LogP contribution in [0.15, 0.2) is 42.5 Å². The fraction of sp³-hybridized carbons (Fsp3) is 0.333. The largest absolute Gasteiger partial charge is 0.339 e. The van der Waals surface area contributed by atoms with Crippen molar-refractivity contribution in [3.63, 3.8) is 0 Å². The minimum absolute atomic E-state index is 0.0792. The Morgan fingerprint density at radius 2 is 1.72 bits per heavy atom. The minimum atomic E-state index is 0.0792. The highest BCUT2D eigenvalue weighted by Crippen LogP contribution is 2.28. The van der Waals surface area contributed by atoms with E-state index < -0.39 is 0 Å². The molecule has 0 aliphatic carbocycles. The molecule has 0 atom stereocenters. The summed E-state index contributed by atoms with van der Waals surface area (Å²) < 4.78 is 0. The number of amides is 2. The van der Waals surface area contributed by atoms with Crippen molar-refractivity contribution >= 4 is 11.8 Å². The number of benzene rings is 2. The van der Waals surface area contributed by atoms with E-state index in [1.807, 2.05) is 48.3 Å². The first kappa shape index (κ1) is 15.9. The van der Waals surface area contributed by atoms with Gasteiger partial charge in [0.15, 0.2) is 0 Å². The van der Waals surface area contributed by atoms with E-state index in [0.29, 0.717) is 6.54 Å². The third-order valence-corrected chi connectivity index (χ3v) is 5.18. The standard InChI is InChI=1S/C21H22N2O2/c1-22-14-18-13-16(8-9-19(18)21(22)25)15-6-5-7-17(12-15)20(24)23-10-3-2-4-11-23/h5-9,12-13H,2-4,10-11,14H2,1H3. The van der Waals surface area contributed by atoms with Gasteiger partial charge < -0.3 is 9.80 Å². The number of hydrogen-bond donors (Lipinski definition) is 0. The number of carbonyl (C=O) groups excluding carboxylic acids is 2. The fourth-order valence-corrected chi connectivity index (χ4v) is 3.76. The molecule has 25 heavy (non-hydrogen) atoms. The van der Waals surface area contributed by atoms with Crippen molar-refractivity contribution in [1.29, 1.82) is 0 Å². The molecule has 0 bridgehead atoms. The Kier molecular flexibility index (Phi) is 4.04. The lowest BCUT2D eigenvalue weighted by Gasteiger charge is -2.26. The Bertz CT molecular complexity index is 838. The van der Waals surface area contributed by atoms with E-state index in [1.54, 1.807) is 4.90 Å². The van der Waals surface area contributed by atoms with Gasteiger partial charge >= 0.3 is 0 Å². The van der Waals surface area contributed by atoms with Gasteiger partial charge in [-0.15, -0.1) is 0 Å². The Hall–Kier alpha value is -2.62. The zero-order chi connectivity index (χ0) is 17.4. The van der Waals surface area contributed by atoms with Crippen LogP contribution in [0, 0.1) is 0 Å². The Morgan fingerprint density at radius 1 is 0.960 bits per heavy atom. The maximum Gasteiger partial charge on any atom is 0.254 e. The topological polar surface area (TPSA) is 40.6 Å². The van der Waals surface area contributed by atoms with Crippen molar-refractivity contribution in [2.45, 2.75) is 25.8 Å². The van der Waals surface area contributed by atoms with Crippen molar-refractivity contribution in [2.24, 2.45) is 0 Å². The van der Waals surface area contributed by atoms with Gasteiger partial charge in [0.05, 0.1) is 0 Å². The van der Waals surface area contributed by atoms with E-state index in [9.17, 15) is 9.59 Å². The van der Waals surface area contributed by atoms with Crippen molar-refractivity contribution in [1.82, 2.24) is 9.80 Å². The number of likely N-dealkylation sites (tertiary alicyclic amines) is 1. The molecule has 2 aromatic carbocycles. The summed E-state index contributed by atoms with van der Waals surface area (Å²) in [5, 5.41) is 0. The van der Waals surface area contributed by atoms with Crippen LogP contribution < -0.4 is 0 Å². The quantitative estimate of drug-likeness (QED) is 0.842. The van der Waals surface area contributed by atoms with Crippen LogP contribution in [0.4, 0.5) is 0 Å². The van der Waals surface area contributed by atoms with Crippen LogP contribution in [-0.2, 0) is 6.54 Å². The van der Waals surface area contributed by atoms with Gasteiger partial charge in [-0.1, -0.05) is 18.2 Å². The first-order valence-electron chi connectivity index (χ1n) is 8.91. The maximum atomic E-state index is 12.7. The summed E-state index contributed by atoms with van der Waals surface area (Å²) in [5.41, 5.74) is 4.65. The summed E-state index contributed by atoms with van der Waals surface area (Å²) >= 11 is 0. The zero-order valence-electron chi connectivity index (χ0n) is 14.5. The lowest BCUT2D eigenvalue weighted by atomic mass is 9.98. The number of fused-ring (bicyclic) bond motifs is 1. The molecule has 0 radical (unpaired) electrons. The first-order chi connectivity index (χ1) is 12.1. The van der Waals surface area contributed by atoms with Gasteiger partial charge in [-0.2, -0.15) is 0 Å². The highest BCUT2D eigenvalue weighted by Gasteiger charge is 2.24. The molecular formula is C21H22N2O2. The maximum absolute atomic E-state index is 12.7. The third-order valence-electron chi connectivity index (χ3n) is 5.18. The highest BCUT2D eigenvalue weighted by molar-refractivity contribution is 5.99. The minimum Gasteiger partial charge on any atom is -0.339 e. The third kappa shape index (κ3) is 2.93. The average Bonchev–Trinajstić information content (AvgIpc) is 2.95. The molecule has 0 aromatic heterocycles. The molecule has 1 fully saturated rings. The van der Waals surface area contributed by atoms with Gasteiger partial charge in [0.25, 0.3) is 11.8 Å². The Balaban J connectivity index is 1.63. The van der Waals surface area contributed by atoms with Crippen molar-refractivity contribution in [3.8, 4) is 11.1 Å². The van der Waals surface area contributed by atoms with E-state index in [1.165, 1.54) is 6.42 Å². The summed E-state index contributed by atoms with van der Waals surface area (Å²) in [6.07, 6.45) is 3.40. The van der Waals surface area contributed by atoms with Crippen molar-refractivity contribution in [2.75, 3.05) is 20.1 Å². The summed E-state index contributed by atoms with van der Waals surface area (Å²) in [6, 6.07) is 13.8. The molecule has 4 heteroatoms. The molecule has 4 rings (SSSR count). The molecule has 0 saturated carbocycles. The Labute approximate surface area is 148 Å². The van der Waals surface area contributed by atoms with Gasteiger partial charge in [0.2, 0.25) is 0 Å². The second-order valence-corrected chi connectivity index (χ2v) is 6.97. The van der Waals surface area contributed by atoms with Crippen LogP contribution in [-0.4, -0.2) is 41.8 Å². The highest BCUT2D eigenvalue weighted by atomic mass is 16.2. The predicted octanol–water partition coefficient (Wildman–Crippen LogP) is 3.57. The molecule has 2 heterocycles. The SMILES string of the molecule is CN1Cc2cc(-c3cccc(C(=O)N4CCCCC4)c3)ccc2C1=O. The monoisotopic (exact) mass is 334 g/mol. The molecule has 0 N–H and O–H groups in total. The summed E-state index contributed by atoms with van der Waals surface area (Å²) in [6.45, 7) is 2.36. The lowest BCUT2D eigenvalue weighted by Crippen LogP contribution is -2.35. The molecule has 4 nitrogen and oxygen atoms in total. The molecule has 2 aliphatic rings. The average molecular weight is 334 g/mol. The van der Waals surface area contributed by atoms with E-state index in [-0.39, 0.29) is 11.8 Å². The van der Waals surface area contributed by atoms with Gasteiger partial charge in [0, 0.05) is 37.8 Å². The van der Waals surface area contributed by atoms with Gasteiger partial charge in [0.1, 0.15) is 0 Å². The van der Waals surface area contributed by atoms with Crippen molar-refractivity contribution in [3.05, 3.63) is 59.2 Å². The van der Waals surface area contributed by atoms with Gasteiger partial charge in [-0.25, -0.2) is 0 Å². The smallest absolute Gasteiger partial charge is 0.254 e. The van der Waals surface area contributed by atoms with Crippen LogP contribution in [0.3, 0.4) is 0 Å². The van der Waals surface area contributed by atoms with Crippen LogP contribution in [0.5, 0.6) is 0 Å². The number of nitrogens with zero attached hydrogens (tertiary/aromatic N) is 2. The molecular weight excluding hydrogens is 312 g/mol. The van der Waals surface area contributed by atoms with E-state index in [2.05, 4.69) is 6.07 Å².